The number of rotatable bonds is 6. The van der Waals surface area contributed by atoms with Gasteiger partial charge in [0.25, 0.3) is 5.91 Å². The number of likely N-dealkylation sites (N-methyl/N-ethyl adjacent to an activating group) is 1. The molecule has 7 nitrogen and oxygen atoms in total. The molecule has 8 heteroatoms. The molecule has 164 valence electrons. The van der Waals surface area contributed by atoms with Crippen LogP contribution in [0.5, 0.6) is 5.75 Å². The zero-order valence-corrected chi connectivity index (χ0v) is 19.2. The summed E-state index contributed by atoms with van der Waals surface area (Å²) < 4.78 is 6.34. The van der Waals surface area contributed by atoms with Gasteiger partial charge in [0.15, 0.2) is 6.61 Å². The molecule has 0 aliphatic carbocycles. The summed E-state index contributed by atoms with van der Waals surface area (Å²) in [7, 11) is 2.16. The molecule has 0 aromatic heterocycles. The SMILES string of the molecule is CN1CCN(Cc2cccc(CNC(=O)CN3C(=O)COc4cc(Br)ccc43)c2)CC1. The van der Waals surface area contributed by atoms with Crippen molar-refractivity contribution in [2.24, 2.45) is 0 Å². The quantitative estimate of drug-likeness (QED) is 0.678. The van der Waals surface area contributed by atoms with Gasteiger partial charge in [0.2, 0.25) is 5.91 Å². The lowest BCUT2D eigenvalue weighted by Gasteiger charge is -2.32. The van der Waals surface area contributed by atoms with Crippen molar-refractivity contribution in [3.8, 4) is 5.75 Å². The predicted molar refractivity (Wildman–Crippen MR) is 123 cm³/mol. The van der Waals surface area contributed by atoms with E-state index in [1.165, 1.54) is 10.5 Å². The molecular formula is C23H27BrN4O3. The average molecular weight is 487 g/mol. The number of nitrogens with zero attached hydrogens (tertiary/aromatic N) is 3. The van der Waals surface area contributed by atoms with E-state index in [1.54, 1.807) is 12.1 Å². The molecule has 1 fully saturated rings. The van der Waals surface area contributed by atoms with Crippen molar-refractivity contribution in [3.05, 3.63) is 58.1 Å². The number of anilines is 1. The lowest BCUT2D eigenvalue weighted by Crippen LogP contribution is -2.45. The Labute approximate surface area is 191 Å². The third-order valence-corrected chi connectivity index (χ3v) is 6.14. The van der Waals surface area contributed by atoms with E-state index in [-0.39, 0.29) is 25.0 Å². The highest BCUT2D eigenvalue weighted by Gasteiger charge is 2.27. The van der Waals surface area contributed by atoms with Crippen molar-refractivity contribution in [2.45, 2.75) is 13.1 Å². The Morgan fingerprint density at radius 2 is 1.87 bits per heavy atom. The average Bonchev–Trinajstić information content (AvgIpc) is 2.76. The Morgan fingerprint density at radius 3 is 2.68 bits per heavy atom. The number of benzene rings is 2. The molecule has 1 saturated heterocycles. The number of ether oxygens (including phenoxy) is 1. The largest absolute Gasteiger partial charge is 0.482 e. The van der Waals surface area contributed by atoms with Crippen LogP contribution in [0.25, 0.3) is 0 Å². The number of piperazine rings is 1. The number of hydrogen-bond acceptors (Lipinski definition) is 5. The summed E-state index contributed by atoms with van der Waals surface area (Å²) in [5, 5.41) is 2.94. The molecule has 2 heterocycles. The first-order chi connectivity index (χ1) is 15.0. The van der Waals surface area contributed by atoms with Crippen molar-refractivity contribution in [2.75, 3.05) is 51.3 Å². The Balaban J connectivity index is 1.33. The Kier molecular flexibility index (Phi) is 6.89. The van der Waals surface area contributed by atoms with Crippen LogP contribution in [0, 0.1) is 0 Å². The maximum Gasteiger partial charge on any atom is 0.265 e. The van der Waals surface area contributed by atoms with Gasteiger partial charge >= 0.3 is 0 Å². The van der Waals surface area contributed by atoms with Gasteiger partial charge in [-0.3, -0.25) is 19.4 Å². The molecular weight excluding hydrogens is 460 g/mol. The minimum absolute atomic E-state index is 0.0299. The number of amides is 2. The van der Waals surface area contributed by atoms with E-state index in [1.807, 2.05) is 18.2 Å². The second kappa shape index (κ2) is 9.80. The number of fused-ring (bicyclic) bond motifs is 1. The molecule has 0 bridgehead atoms. The highest BCUT2D eigenvalue weighted by atomic mass is 79.9. The topological polar surface area (TPSA) is 65.1 Å². The van der Waals surface area contributed by atoms with E-state index in [0.29, 0.717) is 18.0 Å². The van der Waals surface area contributed by atoms with Gasteiger partial charge in [-0.1, -0.05) is 40.2 Å². The third kappa shape index (κ3) is 5.64. The molecule has 2 aromatic carbocycles. The van der Waals surface area contributed by atoms with Gasteiger partial charge in [-0.15, -0.1) is 0 Å². The molecule has 2 aliphatic rings. The number of carbonyl (C=O) groups is 2. The first-order valence-electron chi connectivity index (χ1n) is 10.5. The zero-order chi connectivity index (χ0) is 21.8. The standard InChI is InChI=1S/C23H27BrN4O3/c1-26-7-9-27(10-8-26)14-18-4-2-3-17(11-18)13-25-22(29)15-28-20-6-5-19(24)12-21(20)31-16-23(28)30/h2-6,11-12H,7-10,13-16H2,1H3,(H,25,29). The molecule has 0 radical (unpaired) electrons. The van der Waals surface area contributed by atoms with Crippen LogP contribution < -0.4 is 15.0 Å². The summed E-state index contributed by atoms with van der Waals surface area (Å²) in [6, 6.07) is 13.7. The molecule has 31 heavy (non-hydrogen) atoms. The van der Waals surface area contributed by atoms with Gasteiger partial charge < -0.3 is 15.0 Å². The van der Waals surface area contributed by atoms with Crippen LogP contribution in [0.15, 0.2) is 46.9 Å². The molecule has 2 amide bonds. The van der Waals surface area contributed by atoms with E-state index in [0.717, 1.165) is 42.8 Å². The third-order valence-electron chi connectivity index (χ3n) is 5.65. The Hall–Kier alpha value is -2.42. The maximum atomic E-state index is 12.6. The van der Waals surface area contributed by atoms with Gasteiger partial charge in [-0.05, 0) is 36.4 Å². The van der Waals surface area contributed by atoms with E-state index < -0.39 is 0 Å². The van der Waals surface area contributed by atoms with Crippen LogP contribution >= 0.6 is 15.9 Å². The summed E-state index contributed by atoms with van der Waals surface area (Å²) in [6.07, 6.45) is 0. The monoisotopic (exact) mass is 486 g/mol. The van der Waals surface area contributed by atoms with E-state index in [4.69, 9.17) is 4.74 Å². The van der Waals surface area contributed by atoms with Gasteiger partial charge in [0, 0.05) is 43.7 Å². The lowest BCUT2D eigenvalue weighted by atomic mass is 10.1. The Bertz CT molecular complexity index is 960. The lowest BCUT2D eigenvalue weighted by molar-refractivity contribution is -0.125. The minimum Gasteiger partial charge on any atom is -0.482 e. The fraction of sp³-hybridized carbons (Fsp3) is 0.391. The smallest absolute Gasteiger partial charge is 0.265 e. The van der Waals surface area contributed by atoms with Crippen LogP contribution in [0.4, 0.5) is 5.69 Å². The first kappa shape index (κ1) is 21.8. The van der Waals surface area contributed by atoms with Gasteiger partial charge in [0.05, 0.1) is 5.69 Å². The normalized spacial score (nSPS) is 17.2. The van der Waals surface area contributed by atoms with Crippen molar-refractivity contribution < 1.29 is 14.3 Å². The van der Waals surface area contributed by atoms with E-state index in [2.05, 4.69) is 50.2 Å². The number of halogens is 1. The zero-order valence-electron chi connectivity index (χ0n) is 17.6. The number of nitrogens with one attached hydrogen (secondary N) is 1. The predicted octanol–water partition coefficient (Wildman–Crippen LogP) is 2.24. The molecule has 0 unspecified atom stereocenters. The second-order valence-corrected chi connectivity index (χ2v) is 8.97. The second-order valence-electron chi connectivity index (χ2n) is 8.06. The van der Waals surface area contributed by atoms with Crippen LogP contribution in [0.1, 0.15) is 11.1 Å². The van der Waals surface area contributed by atoms with E-state index >= 15 is 0 Å². The van der Waals surface area contributed by atoms with Crippen molar-refractivity contribution in [3.63, 3.8) is 0 Å². The van der Waals surface area contributed by atoms with Crippen molar-refractivity contribution in [1.82, 2.24) is 15.1 Å². The van der Waals surface area contributed by atoms with Gasteiger partial charge in [-0.25, -0.2) is 0 Å². The maximum absolute atomic E-state index is 12.6. The fourth-order valence-corrected chi connectivity index (χ4v) is 4.19. The molecule has 0 atom stereocenters. The van der Waals surface area contributed by atoms with Crippen LogP contribution in [0.2, 0.25) is 0 Å². The van der Waals surface area contributed by atoms with Gasteiger partial charge in [0.1, 0.15) is 12.3 Å². The summed E-state index contributed by atoms with van der Waals surface area (Å²) in [5.41, 5.74) is 2.92. The van der Waals surface area contributed by atoms with Crippen molar-refractivity contribution >= 4 is 33.4 Å². The highest BCUT2D eigenvalue weighted by molar-refractivity contribution is 9.10. The summed E-state index contributed by atoms with van der Waals surface area (Å²) in [5.74, 6) is 0.172. The fourth-order valence-electron chi connectivity index (χ4n) is 3.85. The molecule has 0 saturated carbocycles. The van der Waals surface area contributed by atoms with Crippen LogP contribution in [-0.4, -0.2) is 68.0 Å². The highest BCUT2D eigenvalue weighted by Crippen LogP contribution is 2.34. The van der Waals surface area contributed by atoms with Crippen LogP contribution in [-0.2, 0) is 22.7 Å². The summed E-state index contributed by atoms with van der Waals surface area (Å²) >= 11 is 3.40. The number of carbonyl (C=O) groups excluding carboxylic acids is 2. The first-order valence-corrected chi connectivity index (χ1v) is 11.3. The Morgan fingerprint density at radius 1 is 1.10 bits per heavy atom. The van der Waals surface area contributed by atoms with Crippen molar-refractivity contribution in [1.29, 1.82) is 0 Å². The minimum atomic E-state index is -0.223. The van der Waals surface area contributed by atoms with Crippen LogP contribution in [0.3, 0.4) is 0 Å². The summed E-state index contributed by atoms with van der Waals surface area (Å²) in [4.78, 5) is 31.2. The summed E-state index contributed by atoms with van der Waals surface area (Å²) in [6.45, 7) is 5.59. The molecule has 2 aliphatic heterocycles. The molecule has 1 N–H and O–H groups in total. The van der Waals surface area contributed by atoms with Gasteiger partial charge in [-0.2, -0.15) is 0 Å². The molecule has 0 spiro atoms. The van der Waals surface area contributed by atoms with E-state index in [9.17, 15) is 9.59 Å². The molecule has 2 aromatic rings. The molecule has 4 rings (SSSR count). The number of hydrogen-bond donors (Lipinski definition) is 1.